The minimum Gasteiger partial charge on any atom is -0.484 e. The van der Waals surface area contributed by atoms with Crippen LogP contribution >= 0.6 is 23.4 Å². The van der Waals surface area contributed by atoms with E-state index >= 15 is 0 Å². The number of thioether (sulfide) groups is 1. The van der Waals surface area contributed by atoms with Crippen LogP contribution in [0.15, 0.2) is 29.4 Å². The Morgan fingerprint density at radius 2 is 2.12 bits per heavy atom. The van der Waals surface area contributed by atoms with Gasteiger partial charge in [0.15, 0.2) is 11.0 Å². The van der Waals surface area contributed by atoms with Crippen LogP contribution in [0.25, 0.3) is 0 Å². The molecule has 0 aliphatic heterocycles. The van der Waals surface area contributed by atoms with Gasteiger partial charge in [-0.25, -0.2) is 0 Å². The Bertz CT molecular complexity index is 724. The Hall–Kier alpha value is -1.71. The maximum atomic E-state index is 8.58. The summed E-state index contributed by atoms with van der Waals surface area (Å²) in [6.45, 7) is 0.363. The second-order valence-corrected chi connectivity index (χ2v) is 7.15. The van der Waals surface area contributed by atoms with E-state index in [0.717, 1.165) is 29.6 Å². The van der Waals surface area contributed by atoms with Crippen molar-refractivity contribution in [2.75, 3.05) is 5.75 Å². The van der Waals surface area contributed by atoms with Gasteiger partial charge < -0.3 is 9.30 Å². The van der Waals surface area contributed by atoms with Crippen LogP contribution in [0.3, 0.4) is 0 Å². The van der Waals surface area contributed by atoms with E-state index in [-0.39, 0.29) is 0 Å². The zero-order chi connectivity index (χ0) is 16.8. The van der Waals surface area contributed by atoms with Crippen molar-refractivity contribution < 1.29 is 4.74 Å². The van der Waals surface area contributed by atoms with Crippen molar-refractivity contribution >= 4 is 23.4 Å². The molecule has 0 bridgehead atoms. The molecule has 0 atom stereocenters. The second-order valence-electron chi connectivity index (χ2n) is 5.68. The van der Waals surface area contributed by atoms with Gasteiger partial charge >= 0.3 is 0 Å². The second kappa shape index (κ2) is 8.41. The van der Waals surface area contributed by atoms with Gasteiger partial charge in [-0.15, -0.1) is 10.2 Å². The van der Waals surface area contributed by atoms with Gasteiger partial charge in [0.05, 0.1) is 11.1 Å². The summed E-state index contributed by atoms with van der Waals surface area (Å²) in [5, 5.41) is 18.8. The molecule has 1 aromatic heterocycles. The van der Waals surface area contributed by atoms with Crippen molar-refractivity contribution in [3.8, 4) is 11.8 Å². The fraction of sp³-hybridized carbons (Fsp3) is 0.471. The molecule has 0 radical (unpaired) electrons. The van der Waals surface area contributed by atoms with Crippen LogP contribution in [0, 0.1) is 11.3 Å². The van der Waals surface area contributed by atoms with Crippen molar-refractivity contribution in [3.05, 3.63) is 35.1 Å². The lowest BCUT2D eigenvalue weighted by Gasteiger charge is -2.10. The number of nitriles is 1. The molecule has 0 spiro atoms. The SMILES string of the molecule is N#CCCCCSc1nnc(COc2ccccc2Cl)n1C1CC1. The van der Waals surface area contributed by atoms with Crippen molar-refractivity contribution in [1.82, 2.24) is 14.8 Å². The summed E-state index contributed by atoms with van der Waals surface area (Å²) in [6.07, 6.45) is 4.90. The summed E-state index contributed by atoms with van der Waals surface area (Å²) in [4.78, 5) is 0. The number of hydrogen-bond acceptors (Lipinski definition) is 5. The highest BCUT2D eigenvalue weighted by molar-refractivity contribution is 7.99. The Balaban J connectivity index is 1.61. The predicted molar refractivity (Wildman–Crippen MR) is 94.3 cm³/mol. The Morgan fingerprint density at radius 1 is 1.29 bits per heavy atom. The van der Waals surface area contributed by atoms with Crippen molar-refractivity contribution in [2.45, 2.75) is 49.9 Å². The first kappa shape index (κ1) is 17.1. The molecule has 7 heteroatoms. The van der Waals surface area contributed by atoms with Crippen LogP contribution in [-0.4, -0.2) is 20.5 Å². The number of para-hydroxylation sites is 1. The van der Waals surface area contributed by atoms with Crippen molar-refractivity contribution in [1.29, 1.82) is 5.26 Å². The molecular formula is C17H19ClN4OS. The molecular weight excluding hydrogens is 344 g/mol. The first-order valence-electron chi connectivity index (χ1n) is 8.10. The topological polar surface area (TPSA) is 63.7 Å². The maximum Gasteiger partial charge on any atom is 0.191 e. The van der Waals surface area contributed by atoms with Crippen LogP contribution < -0.4 is 4.74 Å². The lowest BCUT2D eigenvalue weighted by molar-refractivity contribution is 0.288. The minimum absolute atomic E-state index is 0.363. The highest BCUT2D eigenvalue weighted by atomic mass is 35.5. The first-order chi connectivity index (χ1) is 11.8. The van der Waals surface area contributed by atoms with Crippen LogP contribution in [0.1, 0.15) is 44.0 Å². The molecule has 5 nitrogen and oxygen atoms in total. The third-order valence-corrected chi connectivity index (χ3v) is 5.10. The van der Waals surface area contributed by atoms with Crippen LogP contribution in [0.2, 0.25) is 5.02 Å². The standard InChI is InChI=1S/C17H19ClN4OS/c18-14-6-2-3-7-15(14)23-12-16-20-21-17(22(16)13-8-9-13)24-11-5-1-4-10-19/h2-3,6-7,13H,1,4-5,8-9,11-12H2. The summed E-state index contributed by atoms with van der Waals surface area (Å²) in [7, 11) is 0. The summed E-state index contributed by atoms with van der Waals surface area (Å²) >= 11 is 7.84. The third kappa shape index (κ3) is 4.43. The van der Waals surface area contributed by atoms with E-state index in [4.69, 9.17) is 21.6 Å². The van der Waals surface area contributed by atoms with E-state index in [1.54, 1.807) is 11.8 Å². The van der Waals surface area contributed by atoms with Crippen molar-refractivity contribution in [3.63, 3.8) is 0 Å². The van der Waals surface area contributed by atoms with Gasteiger partial charge in [-0.1, -0.05) is 35.5 Å². The minimum atomic E-state index is 0.363. The van der Waals surface area contributed by atoms with Crippen molar-refractivity contribution in [2.24, 2.45) is 0 Å². The fourth-order valence-electron chi connectivity index (χ4n) is 2.38. The molecule has 0 unspecified atom stereocenters. The zero-order valence-corrected chi connectivity index (χ0v) is 14.9. The van der Waals surface area contributed by atoms with E-state index in [2.05, 4.69) is 20.8 Å². The lowest BCUT2D eigenvalue weighted by atomic mass is 10.3. The normalized spacial score (nSPS) is 13.7. The summed E-state index contributed by atoms with van der Waals surface area (Å²) in [5.74, 6) is 2.46. The lowest BCUT2D eigenvalue weighted by Crippen LogP contribution is -2.07. The van der Waals surface area contributed by atoms with Crippen LogP contribution in [-0.2, 0) is 6.61 Å². The number of rotatable bonds is 9. The Labute approximate surface area is 151 Å². The van der Waals surface area contributed by atoms with Gasteiger partial charge in [0, 0.05) is 18.2 Å². The highest BCUT2D eigenvalue weighted by Crippen LogP contribution is 2.39. The van der Waals surface area contributed by atoms with Gasteiger partial charge in [0.2, 0.25) is 0 Å². The number of unbranched alkanes of at least 4 members (excludes halogenated alkanes) is 2. The fourth-order valence-corrected chi connectivity index (χ4v) is 3.59. The number of nitrogens with zero attached hydrogens (tertiary/aromatic N) is 4. The molecule has 24 heavy (non-hydrogen) atoms. The molecule has 1 heterocycles. The highest BCUT2D eigenvalue weighted by Gasteiger charge is 2.29. The van der Waals surface area contributed by atoms with E-state index in [1.165, 1.54) is 12.8 Å². The number of aromatic nitrogens is 3. The molecule has 1 saturated carbocycles. The molecule has 0 N–H and O–H groups in total. The summed E-state index contributed by atoms with van der Waals surface area (Å²) in [6, 6.07) is 10.1. The largest absolute Gasteiger partial charge is 0.484 e. The third-order valence-electron chi connectivity index (χ3n) is 3.75. The van der Waals surface area contributed by atoms with E-state index in [9.17, 15) is 0 Å². The molecule has 1 aromatic carbocycles. The maximum absolute atomic E-state index is 8.58. The molecule has 1 fully saturated rings. The Kier molecular flexibility index (Phi) is 6.00. The predicted octanol–water partition coefficient (Wildman–Crippen LogP) is 4.63. The van der Waals surface area contributed by atoms with Crippen LogP contribution in [0.4, 0.5) is 0 Å². The molecule has 126 valence electrons. The average molecular weight is 363 g/mol. The molecule has 0 saturated heterocycles. The van der Waals surface area contributed by atoms with Gasteiger partial charge in [-0.2, -0.15) is 5.26 Å². The number of ether oxygens (including phenoxy) is 1. The molecule has 1 aliphatic carbocycles. The quantitative estimate of drug-likeness (QED) is 0.480. The van der Waals surface area contributed by atoms with Crippen LogP contribution in [0.5, 0.6) is 5.75 Å². The van der Waals surface area contributed by atoms with Gasteiger partial charge in [-0.3, -0.25) is 0 Å². The zero-order valence-electron chi connectivity index (χ0n) is 13.3. The average Bonchev–Trinajstić information content (AvgIpc) is 3.35. The summed E-state index contributed by atoms with van der Waals surface area (Å²) < 4.78 is 8.01. The first-order valence-corrected chi connectivity index (χ1v) is 9.47. The molecule has 1 aliphatic rings. The molecule has 3 rings (SSSR count). The summed E-state index contributed by atoms with van der Waals surface area (Å²) in [5.41, 5.74) is 0. The van der Waals surface area contributed by atoms with E-state index < -0.39 is 0 Å². The van der Waals surface area contributed by atoms with Gasteiger partial charge in [0.1, 0.15) is 12.4 Å². The number of halogens is 1. The van der Waals surface area contributed by atoms with E-state index in [1.807, 2.05) is 24.3 Å². The monoisotopic (exact) mass is 362 g/mol. The Morgan fingerprint density at radius 3 is 2.88 bits per heavy atom. The molecule has 0 amide bonds. The smallest absolute Gasteiger partial charge is 0.191 e. The molecule has 2 aromatic rings. The van der Waals surface area contributed by atoms with Gasteiger partial charge in [0.25, 0.3) is 0 Å². The number of hydrogen-bond donors (Lipinski definition) is 0. The number of benzene rings is 1. The van der Waals surface area contributed by atoms with Gasteiger partial charge in [-0.05, 0) is 37.8 Å². The van der Waals surface area contributed by atoms with E-state index in [0.29, 0.717) is 29.8 Å².